The van der Waals surface area contributed by atoms with Gasteiger partial charge in [-0.1, -0.05) is 42.5 Å². The van der Waals surface area contributed by atoms with Crippen molar-refractivity contribution >= 4 is 28.7 Å². The van der Waals surface area contributed by atoms with Crippen molar-refractivity contribution < 1.29 is 4.92 Å². The molecule has 0 saturated heterocycles. The molecule has 2 aromatic carbocycles. The molecule has 22 heavy (non-hydrogen) atoms. The fourth-order valence-electron chi connectivity index (χ4n) is 2.41. The highest BCUT2D eigenvalue weighted by Crippen LogP contribution is 2.28. The average molecular weight is 311 g/mol. The third kappa shape index (κ3) is 2.82. The van der Waals surface area contributed by atoms with Gasteiger partial charge in [0, 0.05) is 6.07 Å². The lowest BCUT2D eigenvalue weighted by Gasteiger charge is -2.26. The summed E-state index contributed by atoms with van der Waals surface area (Å²) in [6, 6.07) is 16.3. The Balaban J connectivity index is 2.05. The largest absolute Gasteiger partial charge is 0.352 e. The second-order valence-corrected chi connectivity index (χ2v) is 5.25. The standard InChI is InChI=1S/C16H13N3O2S/c20-19(21)15-9-5-4-8-12(15)14-10-13(17-16(22)18-14)11-6-2-1-3-7-11/h1-10,13H,(H2,17,18,22)/t13-/m0/s1. The van der Waals surface area contributed by atoms with E-state index in [9.17, 15) is 10.1 Å². The van der Waals surface area contributed by atoms with Crippen LogP contribution in [0.5, 0.6) is 0 Å². The molecule has 1 aliphatic heterocycles. The first-order valence-electron chi connectivity index (χ1n) is 6.73. The molecule has 0 aliphatic carbocycles. The Morgan fingerprint density at radius 3 is 2.45 bits per heavy atom. The lowest BCUT2D eigenvalue weighted by molar-refractivity contribution is -0.385. The summed E-state index contributed by atoms with van der Waals surface area (Å²) < 4.78 is 0. The molecule has 2 aromatic rings. The van der Waals surface area contributed by atoms with Crippen molar-refractivity contribution in [3.63, 3.8) is 0 Å². The molecular formula is C16H13N3O2S. The molecule has 3 rings (SSSR count). The predicted octanol–water partition coefficient (Wildman–Crippen LogP) is 3.15. The summed E-state index contributed by atoms with van der Waals surface area (Å²) in [5.41, 5.74) is 2.27. The van der Waals surface area contributed by atoms with Crippen molar-refractivity contribution in [2.45, 2.75) is 6.04 Å². The van der Waals surface area contributed by atoms with E-state index < -0.39 is 0 Å². The quantitative estimate of drug-likeness (QED) is 0.518. The molecule has 2 N–H and O–H groups in total. The normalized spacial score (nSPS) is 17.2. The number of nitrogens with one attached hydrogen (secondary N) is 2. The van der Waals surface area contributed by atoms with Crippen LogP contribution in [0.3, 0.4) is 0 Å². The highest BCUT2D eigenvalue weighted by atomic mass is 32.1. The average Bonchev–Trinajstić information content (AvgIpc) is 2.55. The molecule has 0 fully saturated rings. The monoisotopic (exact) mass is 311 g/mol. The van der Waals surface area contributed by atoms with Crippen molar-refractivity contribution in [2.75, 3.05) is 0 Å². The zero-order chi connectivity index (χ0) is 15.5. The Bertz CT molecular complexity index is 759. The van der Waals surface area contributed by atoms with Crippen molar-refractivity contribution in [3.05, 3.63) is 81.9 Å². The first kappa shape index (κ1) is 14.2. The van der Waals surface area contributed by atoms with E-state index >= 15 is 0 Å². The van der Waals surface area contributed by atoms with Gasteiger partial charge in [0.05, 0.1) is 22.2 Å². The number of hydrogen-bond acceptors (Lipinski definition) is 3. The van der Waals surface area contributed by atoms with Gasteiger partial charge in [0.1, 0.15) is 0 Å². The summed E-state index contributed by atoms with van der Waals surface area (Å²) >= 11 is 5.24. The molecule has 0 aromatic heterocycles. The molecule has 0 unspecified atom stereocenters. The van der Waals surface area contributed by atoms with Gasteiger partial charge in [0.15, 0.2) is 5.11 Å². The van der Waals surface area contributed by atoms with E-state index in [1.165, 1.54) is 6.07 Å². The van der Waals surface area contributed by atoms with Crippen LogP contribution < -0.4 is 10.6 Å². The van der Waals surface area contributed by atoms with E-state index in [-0.39, 0.29) is 16.7 Å². The zero-order valence-electron chi connectivity index (χ0n) is 11.5. The fraction of sp³-hybridized carbons (Fsp3) is 0.0625. The van der Waals surface area contributed by atoms with Gasteiger partial charge in [0.2, 0.25) is 0 Å². The highest BCUT2D eigenvalue weighted by Gasteiger charge is 2.23. The molecule has 1 atom stereocenters. The van der Waals surface area contributed by atoms with E-state index in [0.29, 0.717) is 16.4 Å². The summed E-state index contributed by atoms with van der Waals surface area (Å²) in [5, 5.41) is 17.8. The van der Waals surface area contributed by atoms with Crippen molar-refractivity contribution in [3.8, 4) is 0 Å². The van der Waals surface area contributed by atoms with E-state index in [1.807, 2.05) is 36.4 Å². The van der Waals surface area contributed by atoms with E-state index in [1.54, 1.807) is 18.2 Å². The third-order valence-electron chi connectivity index (χ3n) is 3.42. The topological polar surface area (TPSA) is 67.2 Å². The molecule has 0 amide bonds. The number of nitrogens with zero attached hydrogens (tertiary/aromatic N) is 1. The minimum Gasteiger partial charge on any atom is -0.352 e. The molecule has 0 spiro atoms. The number of rotatable bonds is 3. The van der Waals surface area contributed by atoms with Crippen LogP contribution in [0.2, 0.25) is 0 Å². The Morgan fingerprint density at radius 2 is 1.73 bits per heavy atom. The maximum absolute atomic E-state index is 11.2. The SMILES string of the molecule is O=[N+]([O-])c1ccccc1C1=C[C@@H](c2ccccc2)NC(=S)N1. The van der Waals surface area contributed by atoms with Gasteiger partial charge in [-0.15, -0.1) is 0 Å². The predicted molar refractivity (Wildman–Crippen MR) is 89.1 cm³/mol. The molecule has 0 saturated carbocycles. The number of hydrogen-bond donors (Lipinski definition) is 2. The Kier molecular flexibility index (Phi) is 3.84. The van der Waals surface area contributed by atoms with E-state index in [2.05, 4.69) is 10.6 Å². The molecule has 0 bridgehead atoms. The molecule has 5 nitrogen and oxygen atoms in total. The molecule has 110 valence electrons. The number of nitro benzene ring substituents is 1. The van der Waals surface area contributed by atoms with Crippen LogP contribution >= 0.6 is 12.2 Å². The summed E-state index contributed by atoms with van der Waals surface area (Å²) in [7, 11) is 0. The van der Waals surface area contributed by atoms with Crippen molar-refractivity contribution in [1.29, 1.82) is 0 Å². The van der Waals surface area contributed by atoms with Crippen LogP contribution in [0.4, 0.5) is 5.69 Å². The van der Waals surface area contributed by atoms with Gasteiger partial charge in [-0.2, -0.15) is 0 Å². The fourth-order valence-corrected chi connectivity index (χ4v) is 2.64. The summed E-state index contributed by atoms with van der Waals surface area (Å²) in [5.74, 6) is 0. The van der Waals surface area contributed by atoms with E-state index in [4.69, 9.17) is 12.2 Å². The number of benzene rings is 2. The van der Waals surface area contributed by atoms with Gasteiger partial charge in [-0.25, -0.2) is 0 Å². The number of thiocarbonyl (C=S) groups is 1. The first-order chi connectivity index (χ1) is 10.6. The second kappa shape index (κ2) is 5.95. The van der Waals surface area contributed by atoms with Crippen LogP contribution in [0, 0.1) is 10.1 Å². The minimum atomic E-state index is -0.388. The van der Waals surface area contributed by atoms with Gasteiger partial charge >= 0.3 is 0 Å². The zero-order valence-corrected chi connectivity index (χ0v) is 12.3. The summed E-state index contributed by atoms with van der Waals surface area (Å²) in [6.07, 6.45) is 1.91. The summed E-state index contributed by atoms with van der Waals surface area (Å²) in [4.78, 5) is 10.8. The molecule has 0 radical (unpaired) electrons. The van der Waals surface area contributed by atoms with Crippen LogP contribution in [-0.2, 0) is 0 Å². The Hall–Kier alpha value is -2.73. The minimum absolute atomic E-state index is 0.0535. The van der Waals surface area contributed by atoms with Gasteiger partial charge in [0.25, 0.3) is 5.69 Å². The number of nitro groups is 1. The van der Waals surface area contributed by atoms with Crippen molar-refractivity contribution in [1.82, 2.24) is 10.6 Å². The molecular weight excluding hydrogens is 298 g/mol. The van der Waals surface area contributed by atoms with Crippen LogP contribution in [0.15, 0.2) is 60.7 Å². The highest BCUT2D eigenvalue weighted by molar-refractivity contribution is 7.80. The van der Waals surface area contributed by atoms with E-state index in [0.717, 1.165) is 5.56 Å². The van der Waals surface area contributed by atoms with Crippen LogP contribution in [0.25, 0.3) is 5.70 Å². The van der Waals surface area contributed by atoms with Gasteiger partial charge in [-0.3, -0.25) is 10.1 Å². The Labute approximate surface area is 132 Å². The molecule has 1 aliphatic rings. The smallest absolute Gasteiger partial charge is 0.278 e. The van der Waals surface area contributed by atoms with Gasteiger partial charge < -0.3 is 10.6 Å². The first-order valence-corrected chi connectivity index (χ1v) is 7.14. The molecule has 6 heteroatoms. The maximum Gasteiger partial charge on any atom is 0.278 e. The number of para-hydroxylation sites is 1. The van der Waals surface area contributed by atoms with Gasteiger partial charge in [-0.05, 0) is 29.9 Å². The van der Waals surface area contributed by atoms with Crippen molar-refractivity contribution in [2.24, 2.45) is 0 Å². The third-order valence-corrected chi connectivity index (χ3v) is 3.64. The van der Waals surface area contributed by atoms with Crippen LogP contribution in [0.1, 0.15) is 17.2 Å². The second-order valence-electron chi connectivity index (χ2n) is 4.84. The van der Waals surface area contributed by atoms with Crippen LogP contribution in [-0.4, -0.2) is 10.0 Å². The summed E-state index contributed by atoms with van der Waals surface area (Å²) in [6.45, 7) is 0. The lowest BCUT2D eigenvalue weighted by atomic mass is 10.0. The Morgan fingerprint density at radius 1 is 1.05 bits per heavy atom. The maximum atomic E-state index is 11.2. The lowest BCUT2D eigenvalue weighted by Crippen LogP contribution is -2.40. The molecule has 1 heterocycles.